The van der Waals surface area contributed by atoms with Crippen LogP contribution in [0.1, 0.15) is 0 Å². The van der Waals surface area contributed by atoms with Crippen LogP contribution >= 0.6 is 0 Å². The number of rotatable bonds is 3. The van der Waals surface area contributed by atoms with Gasteiger partial charge < -0.3 is 0 Å². The van der Waals surface area contributed by atoms with Crippen LogP contribution in [0.3, 0.4) is 0 Å². The van der Waals surface area contributed by atoms with Crippen molar-refractivity contribution in [2.24, 2.45) is 0 Å². The van der Waals surface area contributed by atoms with E-state index < -0.39 is 54.1 Å². The van der Waals surface area contributed by atoms with Crippen molar-refractivity contribution in [2.75, 3.05) is 0 Å². The highest BCUT2D eigenvalue weighted by molar-refractivity contribution is 5.36. The van der Waals surface area contributed by atoms with E-state index in [4.69, 9.17) is 0 Å². The van der Waals surface area contributed by atoms with Gasteiger partial charge in [0, 0.05) is 0 Å². The second-order valence-corrected chi connectivity index (χ2v) is 4.76. The van der Waals surface area contributed by atoms with Crippen LogP contribution in [0.4, 0.5) is 83.4 Å². The molecular formula is C9F19. The van der Waals surface area contributed by atoms with E-state index in [2.05, 4.69) is 0 Å². The van der Waals surface area contributed by atoms with Gasteiger partial charge in [-0.05, 0) is 0 Å². The Balaban J connectivity index is 7.73. The third-order valence-corrected chi connectivity index (χ3v) is 2.92. The summed E-state index contributed by atoms with van der Waals surface area (Å²) >= 11 is 0. The first kappa shape index (κ1) is 26.7. The second kappa shape index (κ2) is 6.33. The minimum absolute atomic E-state index is 6.54. The van der Waals surface area contributed by atoms with Crippen molar-refractivity contribution in [2.45, 2.75) is 48.1 Å². The molecule has 0 N–H and O–H groups in total. The molecule has 0 rings (SSSR count). The molecule has 0 unspecified atom stereocenters. The zero-order valence-corrected chi connectivity index (χ0v) is 11.7. The van der Waals surface area contributed by atoms with Gasteiger partial charge >= 0.3 is 48.1 Å². The minimum atomic E-state index is -8.74. The highest BCUT2D eigenvalue weighted by atomic mass is 19.4. The van der Waals surface area contributed by atoms with Crippen LogP contribution in [0.2, 0.25) is 0 Å². The van der Waals surface area contributed by atoms with Gasteiger partial charge in [0.2, 0.25) is 0 Å². The highest BCUT2D eigenvalue weighted by Crippen LogP contribution is 2.68. The molecule has 0 atom stereocenters. The summed E-state index contributed by atoms with van der Waals surface area (Å²) in [5.74, 6) is -15.1. The third-order valence-electron chi connectivity index (χ3n) is 2.92. The van der Waals surface area contributed by atoms with Gasteiger partial charge in [-0.2, -0.15) is 74.6 Å². The summed E-state index contributed by atoms with van der Waals surface area (Å²) < 4.78 is 238. The molecular weight excluding hydrogens is 469 g/mol. The first-order valence-corrected chi connectivity index (χ1v) is 5.59. The van der Waals surface area contributed by atoms with E-state index in [0.717, 1.165) is 0 Å². The van der Waals surface area contributed by atoms with Gasteiger partial charge in [0.1, 0.15) is 0 Å². The highest BCUT2D eigenvalue weighted by Gasteiger charge is 2.95. The predicted molar refractivity (Wildman–Crippen MR) is 46.1 cm³/mol. The van der Waals surface area contributed by atoms with E-state index in [0.29, 0.717) is 0 Å². The fourth-order valence-electron chi connectivity index (χ4n) is 1.70. The predicted octanol–water partition coefficient (Wildman–Crippen LogP) is 6.42. The monoisotopic (exact) mass is 469 g/mol. The van der Waals surface area contributed by atoms with Crippen molar-refractivity contribution < 1.29 is 83.4 Å². The molecule has 0 nitrogen and oxygen atoms in total. The largest absolute Gasteiger partial charge is 0.454 e. The zero-order valence-electron chi connectivity index (χ0n) is 11.7. The maximum atomic E-state index is 13.5. The SMILES string of the molecule is FC(F)(F)C(F)(F)[C](C(F)(C(F)(F)F)C(F)(F)F)C(F)(C(F)(F)F)C(F)(F)F. The topological polar surface area (TPSA) is 0 Å². The van der Waals surface area contributed by atoms with E-state index in [9.17, 15) is 83.4 Å². The lowest BCUT2D eigenvalue weighted by Gasteiger charge is -2.46. The number of hydrogen-bond donors (Lipinski definition) is 0. The molecule has 0 aliphatic carbocycles. The summed E-state index contributed by atoms with van der Waals surface area (Å²) in [4.78, 5) is 0. The van der Waals surface area contributed by atoms with Crippen LogP contribution in [0.25, 0.3) is 0 Å². The molecule has 0 aliphatic rings. The average Bonchev–Trinajstić information content (AvgIpc) is 2.31. The minimum Gasteiger partial charge on any atom is -0.222 e. The van der Waals surface area contributed by atoms with Gasteiger partial charge in [0.05, 0.1) is 0 Å². The van der Waals surface area contributed by atoms with Crippen molar-refractivity contribution in [1.82, 2.24) is 0 Å². The van der Waals surface area contributed by atoms with Crippen LogP contribution in [0.15, 0.2) is 0 Å². The Bertz CT molecular complexity index is 482. The number of alkyl halides is 19. The van der Waals surface area contributed by atoms with Gasteiger partial charge in [-0.15, -0.1) is 0 Å². The van der Waals surface area contributed by atoms with Crippen LogP contribution < -0.4 is 0 Å². The first-order chi connectivity index (χ1) is 11.6. The molecule has 0 amide bonds. The lowest BCUT2D eigenvalue weighted by molar-refractivity contribution is -0.407. The molecule has 0 saturated carbocycles. The van der Waals surface area contributed by atoms with Gasteiger partial charge in [0.15, 0.2) is 5.92 Å². The summed E-state index contributed by atoms with van der Waals surface area (Å²) in [5.41, 5.74) is -17.5. The molecule has 0 spiro atoms. The molecule has 28 heavy (non-hydrogen) atoms. The molecule has 1 radical (unpaired) electrons. The van der Waals surface area contributed by atoms with Crippen LogP contribution in [0, 0.1) is 5.92 Å². The maximum Gasteiger partial charge on any atom is 0.454 e. The Morgan fingerprint density at radius 2 is 0.464 bits per heavy atom. The van der Waals surface area contributed by atoms with Gasteiger partial charge in [-0.3, -0.25) is 0 Å². The molecule has 0 bridgehead atoms. The van der Waals surface area contributed by atoms with E-state index >= 15 is 0 Å². The van der Waals surface area contributed by atoms with Crippen molar-refractivity contribution in [3.05, 3.63) is 5.92 Å². The molecule has 169 valence electrons. The molecule has 0 aromatic rings. The van der Waals surface area contributed by atoms with Crippen LogP contribution in [-0.4, -0.2) is 48.1 Å². The summed E-state index contributed by atoms with van der Waals surface area (Å²) in [7, 11) is 0. The van der Waals surface area contributed by atoms with Crippen molar-refractivity contribution in [3.63, 3.8) is 0 Å². The van der Waals surface area contributed by atoms with Crippen molar-refractivity contribution in [3.8, 4) is 0 Å². The fourth-order valence-corrected chi connectivity index (χ4v) is 1.70. The molecule has 0 saturated heterocycles. The lowest BCUT2D eigenvalue weighted by Crippen LogP contribution is -2.75. The number of hydrogen-bond acceptors (Lipinski definition) is 0. The molecule has 0 aromatic heterocycles. The van der Waals surface area contributed by atoms with Crippen molar-refractivity contribution in [1.29, 1.82) is 0 Å². The fraction of sp³-hybridized carbons (Fsp3) is 0.889. The van der Waals surface area contributed by atoms with E-state index in [1.807, 2.05) is 0 Å². The molecule has 19 heteroatoms. The van der Waals surface area contributed by atoms with Gasteiger partial charge in [0.25, 0.3) is 0 Å². The summed E-state index contributed by atoms with van der Waals surface area (Å²) in [5, 5.41) is 0. The lowest BCUT2D eigenvalue weighted by atomic mass is 9.71. The third kappa shape index (κ3) is 3.63. The Morgan fingerprint density at radius 3 is 0.571 bits per heavy atom. The van der Waals surface area contributed by atoms with Gasteiger partial charge in [-0.1, -0.05) is 0 Å². The van der Waals surface area contributed by atoms with Crippen LogP contribution in [0.5, 0.6) is 0 Å². The Kier molecular flexibility index (Phi) is 6.03. The summed E-state index contributed by atoms with van der Waals surface area (Å²) in [6.07, 6.45) is -41.6. The Hall–Kier alpha value is -1.33. The second-order valence-electron chi connectivity index (χ2n) is 4.76. The van der Waals surface area contributed by atoms with Crippen LogP contribution in [-0.2, 0) is 0 Å². The zero-order chi connectivity index (χ0) is 23.6. The quantitative estimate of drug-likeness (QED) is 0.419. The summed E-state index contributed by atoms with van der Waals surface area (Å²) in [6, 6.07) is 0. The summed E-state index contributed by atoms with van der Waals surface area (Å²) in [6.45, 7) is 0. The molecule has 0 aromatic carbocycles. The maximum absolute atomic E-state index is 13.5. The molecule has 0 fully saturated rings. The van der Waals surface area contributed by atoms with E-state index in [-0.39, 0.29) is 0 Å². The molecule has 0 heterocycles. The average molecular weight is 469 g/mol. The molecule has 0 aliphatic heterocycles. The normalized spacial score (nSPS) is 16.7. The van der Waals surface area contributed by atoms with Gasteiger partial charge in [-0.25, -0.2) is 8.78 Å². The smallest absolute Gasteiger partial charge is 0.222 e. The first-order valence-electron chi connectivity index (χ1n) is 5.59. The Labute approximate surface area is 139 Å². The number of halogens is 19. The Morgan fingerprint density at radius 1 is 0.286 bits per heavy atom. The standard InChI is InChI=1S/C9F19/c10-2(5(14,15)16,6(17,18)19)1(4(12,13)9(26,27)28)3(11,7(20,21)22)8(23,24)25. The van der Waals surface area contributed by atoms with E-state index in [1.54, 1.807) is 0 Å². The van der Waals surface area contributed by atoms with E-state index in [1.165, 1.54) is 0 Å². The van der Waals surface area contributed by atoms with Crippen molar-refractivity contribution >= 4 is 0 Å².